The number of benzene rings is 2. The molecule has 4 heterocycles. The van der Waals surface area contributed by atoms with Gasteiger partial charge in [0.2, 0.25) is 0 Å². The molecule has 0 spiro atoms. The van der Waals surface area contributed by atoms with Crippen molar-refractivity contribution in [2.24, 2.45) is 5.92 Å². The molecule has 3 aromatic rings. The van der Waals surface area contributed by atoms with E-state index < -0.39 is 6.09 Å². The lowest BCUT2D eigenvalue weighted by Crippen LogP contribution is -2.54. The topological polar surface area (TPSA) is 76.6 Å². The van der Waals surface area contributed by atoms with Crippen molar-refractivity contribution < 1.29 is 18.7 Å². The van der Waals surface area contributed by atoms with Crippen LogP contribution in [0.25, 0.3) is 11.3 Å². The average Bonchev–Trinajstić information content (AvgIpc) is 2.88. The van der Waals surface area contributed by atoms with Crippen molar-refractivity contribution in [1.29, 1.82) is 0 Å². The molecule has 2 bridgehead atoms. The van der Waals surface area contributed by atoms with Crippen molar-refractivity contribution in [2.75, 3.05) is 32.1 Å². The van der Waals surface area contributed by atoms with Gasteiger partial charge in [-0.2, -0.15) is 0 Å². The number of hydrogen-bond donors (Lipinski definition) is 1. The SMILES string of the molecule is COc1ccc(NC(=O)OC[C@H]2C[C@@H]3CCN2C[C@@H]3c2cc(-c3ccc(F)cc3)nc(C)n2)cc1. The van der Waals surface area contributed by atoms with Crippen LogP contribution < -0.4 is 10.1 Å². The molecule has 182 valence electrons. The van der Waals surface area contributed by atoms with E-state index in [0.717, 1.165) is 48.6 Å². The van der Waals surface area contributed by atoms with E-state index in [0.29, 0.717) is 30.0 Å². The third kappa shape index (κ3) is 5.27. The summed E-state index contributed by atoms with van der Waals surface area (Å²) in [7, 11) is 1.60. The Balaban J connectivity index is 1.21. The summed E-state index contributed by atoms with van der Waals surface area (Å²) in [6.07, 6.45) is 1.59. The van der Waals surface area contributed by atoms with Crippen LogP contribution in [0.2, 0.25) is 0 Å². The van der Waals surface area contributed by atoms with Gasteiger partial charge in [0.1, 0.15) is 24.0 Å². The van der Waals surface area contributed by atoms with Gasteiger partial charge in [-0.05, 0) is 86.8 Å². The second-order valence-corrected chi connectivity index (χ2v) is 9.22. The lowest BCUT2D eigenvalue weighted by Gasteiger charge is -2.49. The summed E-state index contributed by atoms with van der Waals surface area (Å²) in [5.41, 5.74) is 3.40. The van der Waals surface area contributed by atoms with Crippen molar-refractivity contribution in [3.63, 3.8) is 0 Å². The van der Waals surface area contributed by atoms with E-state index in [1.54, 1.807) is 43.5 Å². The number of anilines is 1. The minimum absolute atomic E-state index is 0.200. The summed E-state index contributed by atoms with van der Waals surface area (Å²) in [4.78, 5) is 24.1. The third-order valence-corrected chi connectivity index (χ3v) is 7.00. The Bertz CT molecular complexity index is 1190. The number of piperidine rings is 3. The summed E-state index contributed by atoms with van der Waals surface area (Å²) < 4.78 is 24.1. The third-order valence-electron chi connectivity index (χ3n) is 7.00. The Morgan fingerprint density at radius 1 is 1.14 bits per heavy atom. The minimum atomic E-state index is -0.454. The Morgan fingerprint density at radius 2 is 1.91 bits per heavy atom. The maximum atomic E-state index is 13.4. The molecule has 7 nitrogen and oxygen atoms in total. The normalized spacial score (nSPS) is 23.1. The summed E-state index contributed by atoms with van der Waals surface area (Å²) >= 11 is 0. The van der Waals surface area contributed by atoms with Crippen molar-refractivity contribution in [1.82, 2.24) is 14.9 Å². The monoisotopic (exact) mass is 476 g/mol. The highest BCUT2D eigenvalue weighted by Gasteiger charge is 2.42. The van der Waals surface area contributed by atoms with Crippen LogP contribution in [0.15, 0.2) is 54.6 Å². The Labute approximate surface area is 204 Å². The van der Waals surface area contributed by atoms with Gasteiger partial charge >= 0.3 is 6.09 Å². The first-order valence-electron chi connectivity index (χ1n) is 11.9. The minimum Gasteiger partial charge on any atom is -0.497 e. The molecular weight excluding hydrogens is 447 g/mol. The summed E-state index contributed by atoms with van der Waals surface area (Å²) in [5.74, 6) is 1.95. The maximum absolute atomic E-state index is 13.4. The molecule has 3 aliphatic rings. The van der Waals surface area contributed by atoms with Gasteiger partial charge < -0.3 is 9.47 Å². The predicted molar refractivity (Wildman–Crippen MR) is 131 cm³/mol. The molecule has 1 unspecified atom stereocenters. The van der Waals surface area contributed by atoms with Crippen molar-refractivity contribution in [3.8, 4) is 17.0 Å². The molecule has 3 aliphatic heterocycles. The highest BCUT2D eigenvalue weighted by Crippen LogP contribution is 2.42. The quantitative estimate of drug-likeness (QED) is 0.538. The van der Waals surface area contributed by atoms with Gasteiger partial charge in [-0.25, -0.2) is 19.2 Å². The van der Waals surface area contributed by atoms with Crippen LogP contribution in [-0.2, 0) is 4.74 Å². The second kappa shape index (κ2) is 10.00. The Hall–Kier alpha value is -3.52. The fourth-order valence-corrected chi connectivity index (χ4v) is 5.20. The molecule has 2 aromatic carbocycles. The first-order valence-corrected chi connectivity index (χ1v) is 11.9. The first-order chi connectivity index (χ1) is 17.0. The average molecular weight is 477 g/mol. The number of nitrogens with zero attached hydrogens (tertiary/aromatic N) is 3. The number of carbonyl (C=O) groups excluding carboxylic acids is 1. The number of methoxy groups -OCH3 is 1. The van der Waals surface area contributed by atoms with E-state index in [1.807, 2.05) is 13.0 Å². The zero-order valence-electron chi connectivity index (χ0n) is 19.9. The Kier molecular flexibility index (Phi) is 6.63. The molecule has 1 N–H and O–H groups in total. The predicted octanol–water partition coefficient (Wildman–Crippen LogP) is 5.03. The van der Waals surface area contributed by atoms with E-state index in [-0.39, 0.29) is 11.9 Å². The molecule has 8 heteroatoms. The molecular formula is C27H29FN4O3. The van der Waals surface area contributed by atoms with E-state index in [9.17, 15) is 9.18 Å². The number of fused-ring (bicyclic) bond motifs is 3. The molecule has 0 radical (unpaired) electrons. The largest absolute Gasteiger partial charge is 0.497 e. The summed E-state index contributed by atoms with van der Waals surface area (Å²) in [5, 5.41) is 2.77. The summed E-state index contributed by atoms with van der Waals surface area (Å²) in [6.45, 7) is 4.12. The number of rotatable bonds is 6. The van der Waals surface area contributed by atoms with Crippen molar-refractivity contribution in [3.05, 3.63) is 71.9 Å². The number of carbonyl (C=O) groups is 1. The van der Waals surface area contributed by atoms with Gasteiger partial charge in [-0.3, -0.25) is 10.2 Å². The molecule has 6 rings (SSSR count). The highest BCUT2D eigenvalue weighted by atomic mass is 19.1. The number of amides is 1. The fourth-order valence-electron chi connectivity index (χ4n) is 5.20. The number of aryl methyl sites for hydroxylation is 1. The number of nitrogens with one attached hydrogen (secondary N) is 1. The maximum Gasteiger partial charge on any atom is 0.411 e. The standard InChI is InChI=1S/C27H29FN4O3/c1-17-29-25(18-3-5-20(28)6-4-18)14-26(30-17)24-15-32-12-11-19(24)13-22(32)16-35-27(33)31-21-7-9-23(34-2)10-8-21/h3-10,14,19,22,24H,11-13,15-16H2,1-2H3,(H,31,33)/t19-,22+,24-/m0/s1. The number of ether oxygens (including phenoxy) is 2. The van der Waals surface area contributed by atoms with E-state index >= 15 is 0 Å². The van der Waals surface area contributed by atoms with Crippen LogP contribution in [0.3, 0.4) is 0 Å². The van der Waals surface area contributed by atoms with Gasteiger partial charge in [0.15, 0.2) is 0 Å². The van der Waals surface area contributed by atoms with E-state index in [1.165, 1.54) is 12.1 Å². The molecule has 4 atom stereocenters. The fraction of sp³-hybridized carbons (Fsp3) is 0.370. The van der Waals surface area contributed by atoms with Gasteiger partial charge in [0.05, 0.1) is 12.8 Å². The second-order valence-electron chi connectivity index (χ2n) is 9.22. The number of hydrogen-bond acceptors (Lipinski definition) is 6. The van der Waals surface area contributed by atoms with Crippen LogP contribution in [0.1, 0.15) is 30.3 Å². The van der Waals surface area contributed by atoms with Crippen LogP contribution >= 0.6 is 0 Å². The van der Waals surface area contributed by atoms with Crippen LogP contribution in [0.4, 0.5) is 14.9 Å². The van der Waals surface area contributed by atoms with E-state index in [4.69, 9.17) is 14.5 Å². The van der Waals surface area contributed by atoms with E-state index in [2.05, 4.69) is 15.2 Å². The lowest BCUT2D eigenvalue weighted by atomic mass is 9.74. The van der Waals surface area contributed by atoms with Crippen molar-refractivity contribution in [2.45, 2.75) is 31.7 Å². The number of halogens is 1. The van der Waals surface area contributed by atoms with Crippen LogP contribution in [0, 0.1) is 18.7 Å². The molecule has 0 aliphatic carbocycles. The molecule has 0 saturated carbocycles. The first kappa shape index (κ1) is 23.2. The Morgan fingerprint density at radius 3 is 2.60 bits per heavy atom. The zero-order chi connectivity index (χ0) is 24.4. The number of aromatic nitrogens is 2. The smallest absolute Gasteiger partial charge is 0.411 e. The van der Waals surface area contributed by atoms with Gasteiger partial charge in [0.25, 0.3) is 0 Å². The van der Waals surface area contributed by atoms with Crippen LogP contribution in [0.5, 0.6) is 5.75 Å². The van der Waals surface area contributed by atoms with Gasteiger partial charge in [-0.1, -0.05) is 0 Å². The van der Waals surface area contributed by atoms with Crippen molar-refractivity contribution >= 4 is 11.8 Å². The zero-order valence-corrected chi connectivity index (χ0v) is 19.9. The molecule has 3 saturated heterocycles. The lowest BCUT2D eigenvalue weighted by molar-refractivity contribution is -0.00151. The molecule has 1 aromatic heterocycles. The summed E-state index contributed by atoms with van der Waals surface area (Å²) in [6, 6.07) is 15.8. The molecule has 1 amide bonds. The highest BCUT2D eigenvalue weighted by molar-refractivity contribution is 5.84. The van der Waals surface area contributed by atoms with Gasteiger partial charge in [0, 0.05) is 35.4 Å². The molecule has 3 fully saturated rings. The molecule has 35 heavy (non-hydrogen) atoms. The van der Waals surface area contributed by atoms with Crippen LogP contribution in [-0.4, -0.2) is 53.8 Å². The van der Waals surface area contributed by atoms with Gasteiger partial charge in [-0.15, -0.1) is 0 Å².